The van der Waals surface area contributed by atoms with Crippen molar-refractivity contribution in [3.63, 3.8) is 0 Å². The second kappa shape index (κ2) is 5.35. The molecule has 2 aromatic rings. The molecule has 0 saturated heterocycles. The number of hydrogen-bond acceptors (Lipinski definition) is 3. The SMILES string of the molecule is FC1(F)Oc2ccc(NCc3ccc(Cl)c(Br)c3)cc2O1. The molecular formula is C14H9BrClF2NO2. The molecule has 0 amide bonds. The highest BCUT2D eigenvalue weighted by atomic mass is 79.9. The van der Waals surface area contributed by atoms with Crippen LogP contribution in [-0.4, -0.2) is 6.29 Å². The molecule has 0 radical (unpaired) electrons. The van der Waals surface area contributed by atoms with Crippen LogP contribution in [0.2, 0.25) is 5.02 Å². The Labute approximate surface area is 132 Å². The molecule has 0 unspecified atom stereocenters. The molecule has 0 bridgehead atoms. The van der Waals surface area contributed by atoms with Crippen LogP contribution in [-0.2, 0) is 6.54 Å². The lowest BCUT2D eigenvalue weighted by Gasteiger charge is -2.08. The highest BCUT2D eigenvalue weighted by molar-refractivity contribution is 9.10. The van der Waals surface area contributed by atoms with Crippen molar-refractivity contribution in [2.24, 2.45) is 0 Å². The first-order valence-electron chi connectivity index (χ1n) is 6.01. The summed E-state index contributed by atoms with van der Waals surface area (Å²) in [6.45, 7) is 0.520. The molecule has 3 nitrogen and oxygen atoms in total. The van der Waals surface area contributed by atoms with Crippen LogP contribution in [0.5, 0.6) is 11.5 Å². The number of ether oxygens (including phenoxy) is 2. The fourth-order valence-corrected chi connectivity index (χ4v) is 2.46. The lowest BCUT2D eigenvalue weighted by atomic mass is 10.2. The first kappa shape index (κ1) is 14.4. The van der Waals surface area contributed by atoms with Crippen LogP contribution in [0.3, 0.4) is 0 Å². The molecule has 1 N–H and O–H groups in total. The highest BCUT2D eigenvalue weighted by Gasteiger charge is 2.43. The third-order valence-electron chi connectivity index (χ3n) is 2.88. The molecule has 1 aliphatic heterocycles. The summed E-state index contributed by atoms with van der Waals surface area (Å²) in [5, 5.41) is 3.75. The molecule has 110 valence electrons. The van der Waals surface area contributed by atoms with Crippen LogP contribution in [0.1, 0.15) is 5.56 Å². The summed E-state index contributed by atoms with van der Waals surface area (Å²) in [4.78, 5) is 0. The van der Waals surface area contributed by atoms with Gasteiger partial charge in [-0.15, -0.1) is 8.78 Å². The molecule has 2 aromatic carbocycles. The normalized spacial score (nSPS) is 15.0. The van der Waals surface area contributed by atoms with E-state index in [1.807, 2.05) is 12.1 Å². The van der Waals surface area contributed by atoms with E-state index in [1.54, 1.807) is 12.1 Å². The van der Waals surface area contributed by atoms with Crippen LogP contribution in [0.15, 0.2) is 40.9 Å². The van der Waals surface area contributed by atoms with E-state index in [2.05, 4.69) is 30.7 Å². The monoisotopic (exact) mass is 375 g/mol. The van der Waals surface area contributed by atoms with Gasteiger partial charge in [0, 0.05) is 22.8 Å². The van der Waals surface area contributed by atoms with Gasteiger partial charge in [0.05, 0.1) is 5.02 Å². The van der Waals surface area contributed by atoms with Crippen molar-refractivity contribution < 1.29 is 18.3 Å². The highest BCUT2D eigenvalue weighted by Crippen LogP contribution is 2.42. The molecule has 1 aliphatic rings. The number of anilines is 1. The summed E-state index contributed by atoms with van der Waals surface area (Å²) >= 11 is 9.27. The topological polar surface area (TPSA) is 30.5 Å². The Morgan fingerprint density at radius 1 is 1.10 bits per heavy atom. The van der Waals surface area contributed by atoms with Crippen molar-refractivity contribution >= 4 is 33.2 Å². The Balaban J connectivity index is 1.71. The predicted octanol–water partition coefficient (Wildman–Crippen LogP) is 5.04. The summed E-state index contributed by atoms with van der Waals surface area (Å²) in [5.41, 5.74) is 1.65. The van der Waals surface area contributed by atoms with Gasteiger partial charge in [-0.3, -0.25) is 0 Å². The predicted molar refractivity (Wildman–Crippen MR) is 79.1 cm³/mol. The quantitative estimate of drug-likeness (QED) is 0.814. The Morgan fingerprint density at radius 3 is 2.62 bits per heavy atom. The number of benzene rings is 2. The van der Waals surface area contributed by atoms with Crippen molar-refractivity contribution in [1.29, 1.82) is 0 Å². The van der Waals surface area contributed by atoms with Gasteiger partial charge in [-0.05, 0) is 45.8 Å². The van der Waals surface area contributed by atoms with E-state index in [1.165, 1.54) is 12.1 Å². The third-order valence-corrected chi connectivity index (χ3v) is 4.10. The Morgan fingerprint density at radius 2 is 1.86 bits per heavy atom. The minimum atomic E-state index is -3.60. The first-order valence-corrected chi connectivity index (χ1v) is 7.18. The summed E-state index contributed by atoms with van der Waals surface area (Å²) in [6, 6.07) is 10.1. The minimum Gasteiger partial charge on any atom is -0.395 e. The van der Waals surface area contributed by atoms with Crippen molar-refractivity contribution in [3.05, 3.63) is 51.5 Å². The van der Waals surface area contributed by atoms with E-state index in [9.17, 15) is 8.78 Å². The van der Waals surface area contributed by atoms with Crippen LogP contribution in [0.4, 0.5) is 14.5 Å². The molecule has 21 heavy (non-hydrogen) atoms. The summed E-state index contributed by atoms with van der Waals surface area (Å²) in [7, 11) is 0. The first-order chi connectivity index (χ1) is 9.93. The van der Waals surface area contributed by atoms with Crippen molar-refractivity contribution in [3.8, 4) is 11.5 Å². The average Bonchev–Trinajstić information content (AvgIpc) is 2.73. The largest absolute Gasteiger partial charge is 0.586 e. The molecule has 0 fully saturated rings. The molecule has 0 saturated carbocycles. The van der Waals surface area contributed by atoms with Gasteiger partial charge in [0.15, 0.2) is 11.5 Å². The van der Waals surface area contributed by atoms with E-state index < -0.39 is 6.29 Å². The molecule has 0 aromatic heterocycles. The number of fused-ring (bicyclic) bond motifs is 1. The van der Waals surface area contributed by atoms with Gasteiger partial charge in [0.1, 0.15) is 0 Å². The van der Waals surface area contributed by atoms with Crippen LogP contribution in [0.25, 0.3) is 0 Å². The maximum atomic E-state index is 12.9. The lowest BCUT2D eigenvalue weighted by Crippen LogP contribution is -2.25. The van der Waals surface area contributed by atoms with Crippen LogP contribution in [0, 0.1) is 0 Å². The van der Waals surface area contributed by atoms with Crippen molar-refractivity contribution in [2.75, 3.05) is 5.32 Å². The number of halogens is 4. The zero-order valence-electron chi connectivity index (χ0n) is 10.5. The summed E-state index contributed by atoms with van der Waals surface area (Å²) in [6.07, 6.45) is -3.60. The zero-order valence-corrected chi connectivity index (χ0v) is 12.8. The summed E-state index contributed by atoms with van der Waals surface area (Å²) in [5.74, 6) is 0.0436. The fraction of sp³-hybridized carbons (Fsp3) is 0.143. The number of hydrogen-bond donors (Lipinski definition) is 1. The van der Waals surface area contributed by atoms with Gasteiger partial charge in [-0.25, -0.2) is 0 Å². The van der Waals surface area contributed by atoms with E-state index in [-0.39, 0.29) is 11.5 Å². The molecule has 0 spiro atoms. The second-order valence-electron chi connectivity index (χ2n) is 4.43. The smallest absolute Gasteiger partial charge is 0.395 e. The van der Waals surface area contributed by atoms with Gasteiger partial charge in [0.25, 0.3) is 0 Å². The fourth-order valence-electron chi connectivity index (χ4n) is 1.91. The van der Waals surface area contributed by atoms with E-state index in [0.717, 1.165) is 10.0 Å². The maximum Gasteiger partial charge on any atom is 0.586 e. The van der Waals surface area contributed by atoms with Gasteiger partial charge >= 0.3 is 6.29 Å². The Kier molecular flexibility index (Phi) is 3.67. The minimum absolute atomic E-state index is 0.0160. The van der Waals surface area contributed by atoms with Gasteiger partial charge in [-0.2, -0.15) is 0 Å². The van der Waals surface area contributed by atoms with Gasteiger partial charge < -0.3 is 14.8 Å². The standard InChI is InChI=1S/C14H9BrClF2NO2/c15-10-5-8(1-3-11(10)16)7-19-9-2-4-12-13(6-9)21-14(17,18)20-12/h1-6,19H,7H2. The van der Waals surface area contributed by atoms with E-state index >= 15 is 0 Å². The average molecular weight is 377 g/mol. The number of nitrogens with one attached hydrogen (secondary N) is 1. The molecule has 3 rings (SSSR count). The molecule has 1 heterocycles. The molecule has 0 aliphatic carbocycles. The Bertz CT molecular complexity index is 697. The zero-order chi connectivity index (χ0) is 15.0. The van der Waals surface area contributed by atoms with Crippen molar-refractivity contribution in [1.82, 2.24) is 0 Å². The summed E-state index contributed by atoms with van der Waals surface area (Å²) < 4.78 is 35.4. The van der Waals surface area contributed by atoms with Crippen LogP contribution >= 0.6 is 27.5 Å². The molecular weight excluding hydrogens is 368 g/mol. The third kappa shape index (κ3) is 3.22. The number of rotatable bonds is 3. The molecule has 0 atom stereocenters. The van der Waals surface area contributed by atoms with Gasteiger partial charge in [-0.1, -0.05) is 17.7 Å². The second-order valence-corrected chi connectivity index (χ2v) is 5.69. The lowest BCUT2D eigenvalue weighted by molar-refractivity contribution is -0.286. The van der Waals surface area contributed by atoms with Crippen molar-refractivity contribution in [2.45, 2.75) is 12.8 Å². The molecule has 7 heteroatoms. The Hall–Kier alpha value is -1.53. The maximum absolute atomic E-state index is 12.9. The number of alkyl halides is 2. The van der Waals surface area contributed by atoms with E-state index in [4.69, 9.17) is 11.6 Å². The van der Waals surface area contributed by atoms with E-state index in [0.29, 0.717) is 17.3 Å². The van der Waals surface area contributed by atoms with Gasteiger partial charge in [0.2, 0.25) is 0 Å². The van der Waals surface area contributed by atoms with Crippen LogP contribution < -0.4 is 14.8 Å².